The van der Waals surface area contributed by atoms with Crippen LogP contribution in [0.2, 0.25) is 0 Å². The number of amides is 4. The van der Waals surface area contributed by atoms with Crippen LogP contribution in [0.25, 0.3) is 0 Å². The van der Waals surface area contributed by atoms with Crippen molar-refractivity contribution in [3.05, 3.63) is 77.9 Å². The second-order valence-corrected chi connectivity index (χ2v) is 14.5. The summed E-state index contributed by atoms with van der Waals surface area (Å²) in [5.41, 5.74) is 8.34. The summed E-state index contributed by atoms with van der Waals surface area (Å²) in [6.45, 7) is 6.22. The molecule has 0 saturated heterocycles. The van der Waals surface area contributed by atoms with Crippen molar-refractivity contribution < 1.29 is 32.3 Å². The first-order valence-electron chi connectivity index (χ1n) is 17.5. The largest absolute Gasteiger partial charge is 0.497 e. The number of sulfonamides is 1. The van der Waals surface area contributed by atoms with Gasteiger partial charge in [-0.2, -0.15) is 0 Å². The van der Waals surface area contributed by atoms with Gasteiger partial charge >= 0.3 is 0 Å². The molecule has 0 fully saturated rings. The molecule has 3 aromatic rings. The Kier molecular flexibility index (Phi) is 16.9. The van der Waals surface area contributed by atoms with Gasteiger partial charge in [0.2, 0.25) is 33.7 Å². The second-order valence-electron chi connectivity index (χ2n) is 13.0. The number of likely N-dealkylation sites (N-methyl/N-ethyl adjacent to an activating group) is 1. The van der Waals surface area contributed by atoms with Crippen molar-refractivity contribution in [2.45, 2.75) is 45.1 Å². The van der Waals surface area contributed by atoms with E-state index in [1.165, 1.54) is 33.2 Å². The molecule has 0 aliphatic rings. The zero-order valence-electron chi connectivity index (χ0n) is 31.0. The quantitative estimate of drug-likeness (QED) is 0.104. The van der Waals surface area contributed by atoms with Gasteiger partial charge in [-0.1, -0.05) is 38.1 Å². The van der Waals surface area contributed by atoms with E-state index in [9.17, 15) is 27.6 Å². The van der Waals surface area contributed by atoms with Crippen LogP contribution in [0.3, 0.4) is 0 Å². The van der Waals surface area contributed by atoms with Crippen LogP contribution in [0.5, 0.6) is 5.75 Å². The first-order valence-corrected chi connectivity index (χ1v) is 19.0. The van der Waals surface area contributed by atoms with Gasteiger partial charge in [-0.3, -0.25) is 19.2 Å². The molecule has 0 radical (unpaired) electrons. The lowest BCUT2D eigenvalue weighted by Crippen LogP contribution is -2.52. The second kappa shape index (κ2) is 21.0. The van der Waals surface area contributed by atoms with Gasteiger partial charge < -0.3 is 40.4 Å². The topological polar surface area (TPSA) is 217 Å². The Morgan fingerprint density at radius 3 is 1.94 bits per heavy atom. The van der Waals surface area contributed by atoms with Gasteiger partial charge in [-0.05, 0) is 61.2 Å². The van der Waals surface area contributed by atoms with Gasteiger partial charge in [-0.15, -0.1) is 0 Å². The van der Waals surface area contributed by atoms with Crippen molar-refractivity contribution in [2.24, 2.45) is 16.8 Å². The fraction of sp³-hybridized carbons (Fsp3) is 0.472. The number of nitrogens with zero attached hydrogens (tertiary/aromatic N) is 5. The van der Waals surface area contributed by atoms with Gasteiger partial charge in [0.1, 0.15) is 12.3 Å². The highest BCUT2D eigenvalue weighted by Gasteiger charge is 2.26. The SMILES string of the molecule is CCN(Cc1ccc(OC)cc1)C(=O)CN(CN)C(=O)CN(CCc1ccc(S(N)(=O)=O)cc1)C(=O)CN(CCc1cnc[nH]1)C(=O)CNCC(C)C. The van der Waals surface area contributed by atoms with Crippen LogP contribution < -0.4 is 20.9 Å². The number of carbonyl (C=O) groups is 4. The van der Waals surface area contributed by atoms with Crippen molar-refractivity contribution in [2.75, 3.05) is 66.1 Å². The molecule has 17 heteroatoms. The standard InChI is InChI=1S/C36H53N9O7S/c1-5-42(21-29-6-10-31(52-4)11-7-29)34(47)24-45(25-37)36(49)23-44(16-14-28-8-12-32(13-9-28)53(38,50)51)35(48)22-43(17-15-30-19-40-26-41-30)33(46)20-39-18-27(2)3/h6-13,19,26-27,39H,5,14-18,20-25,37H2,1-4H3,(H,40,41)(H2,38,50,51). The zero-order valence-corrected chi connectivity index (χ0v) is 31.8. The van der Waals surface area contributed by atoms with Crippen LogP contribution in [0.15, 0.2) is 66.0 Å². The van der Waals surface area contributed by atoms with Gasteiger partial charge in [0.15, 0.2) is 0 Å². The van der Waals surface area contributed by atoms with Crippen LogP contribution in [-0.2, 0) is 48.6 Å². The Labute approximate surface area is 311 Å². The minimum absolute atomic E-state index is 0.0251. The molecular formula is C36H53N9O7S. The third-order valence-corrected chi connectivity index (χ3v) is 9.41. The molecule has 0 aliphatic carbocycles. The molecule has 1 heterocycles. The first kappa shape index (κ1) is 42.6. The highest BCUT2D eigenvalue weighted by molar-refractivity contribution is 7.89. The number of carbonyl (C=O) groups excluding carboxylic acids is 4. The predicted octanol–water partition coefficient (Wildman–Crippen LogP) is 0.547. The van der Waals surface area contributed by atoms with Gasteiger partial charge in [0, 0.05) is 44.5 Å². The number of imidazole rings is 1. The number of nitrogens with two attached hydrogens (primary N) is 2. The fourth-order valence-corrected chi connectivity index (χ4v) is 5.84. The van der Waals surface area contributed by atoms with Crippen LogP contribution in [0.1, 0.15) is 37.6 Å². The van der Waals surface area contributed by atoms with Crippen molar-refractivity contribution >= 4 is 33.7 Å². The minimum Gasteiger partial charge on any atom is -0.497 e. The summed E-state index contributed by atoms with van der Waals surface area (Å²) in [5, 5.41) is 8.37. The van der Waals surface area contributed by atoms with Gasteiger partial charge in [0.25, 0.3) is 0 Å². The molecule has 0 saturated carbocycles. The zero-order chi connectivity index (χ0) is 39.0. The van der Waals surface area contributed by atoms with E-state index in [0.29, 0.717) is 43.3 Å². The van der Waals surface area contributed by atoms with Crippen molar-refractivity contribution in [1.82, 2.24) is 34.9 Å². The van der Waals surface area contributed by atoms with Gasteiger partial charge in [0.05, 0.1) is 44.6 Å². The lowest BCUT2D eigenvalue weighted by atomic mass is 10.1. The number of benzene rings is 2. The number of methoxy groups -OCH3 is 1. The molecule has 0 spiro atoms. The summed E-state index contributed by atoms with van der Waals surface area (Å²) in [6, 6.07) is 13.2. The maximum atomic E-state index is 14.0. The number of hydrogen-bond donors (Lipinski definition) is 4. The van der Waals surface area contributed by atoms with Crippen molar-refractivity contribution in [3.8, 4) is 5.75 Å². The summed E-state index contributed by atoms with van der Waals surface area (Å²) < 4.78 is 28.7. The van der Waals surface area contributed by atoms with Crippen LogP contribution in [0.4, 0.5) is 0 Å². The lowest BCUT2D eigenvalue weighted by molar-refractivity contribution is -0.146. The first-order chi connectivity index (χ1) is 25.2. The Bertz CT molecular complexity index is 1720. The summed E-state index contributed by atoms with van der Waals surface area (Å²) in [4.78, 5) is 67.0. The minimum atomic E-state index is -3.90. The van der Waals surface area contributed by atoms with E-state index >= 15 is 0 Å². The van der Waals surface area contributed by atoms with Crippen LogP contribution in [-0.4, -0.2) is 128 Å². The number of H-pyrrole nitrogens is 1. The average Bonchev–Trinajstić information content (AvgIpc) is 3.66. The number of ether oxygens (including phenoxy) is 1. The molecule has 16 nitrogen and oxygen atoms in total. The molecule has 53 heavy (non-hydrogen) atoms. The van der Waals surface area contributed by atoms with E-state index < -0.39 is 28.4 Å². The van der Waals surface area contributed by atoms with E-state index in [0.717, 1.165) is 11.3 Å². The smallest absolute Gasteiger partial charge is 0.243 e. The van der Waals surface area contributed by atoms with E-state index in [-0.39, 0.29) is 62.5 Å². The third kappa shape index (κ3) is 14.2. The maximum Gasteiger partial charge on any atom is 0.243 e. The molecule has 0 atom stereocenters. The lowest BCUT2D eigenvalue weighted by Gasteiger charge is -2.30. The van der Waals surface area contributed by atoms with E-state index in [2.05, 4.69) is 15.3 Å². The normalized spacial score (nSPS) is 11.3. The van der Waals surface area contributed by atoms with Gasteiger partial charge in [-0.25, -0.2) is 18.5 Å². The van der Waals surface area contributed by atoms with Crippen molar-refractivity contribution in [3.63, 3.8) is 0 Å². The van der Waals surface area contributed by atoms with Crippen molar-refractivity contribution in [1.29, 1.82) is 0 Å². The fourth-order valence-electron chi connectivity index (χ4n) is 5.32. The number of primary sulfonamides is 1. The Morgan fingerprint density at radius 2 is 1.40 bits per heavy atom. The number of nitrogens with one attached hydrogen (secondary N) is 2. The molecule has 3 rings (SSSR count). The number of rotatable bonds is 22. The molecule has 4 amide bonds. The number of aromatic nitrogens is 2. The number of hydrogen-bond acceptors (Lipinski definition) is 10. The monoisotopic (exact) mass is 755 g/mol. The van der Waals surface area contributed by atoms with E-state index in [1.54, 1.807) is 42.5 Å². The highest BCUT2D eigenvalue weighted by Crippen LogP contribution is 2.14. The summed E-state index contributed by atoms with van der Waals surface area (Å²) in [6.07, 6.45) is 3.86. The van der Waals surface area contributed by atoms with E-state index in [1.807, 2.05) is 32.9 Å². The Hall–Kier alpha value is -4.84. The molecule has 0 unspecified atom stereocenters. The molecule has 0 aliphatic heterocycles. The Balaban J connectivity index is 1.79. The molecule has 6 N–H and O–H groups in total. The van der Waals surface area contributed by atoms with Crippen LogP contribution in [0, 0.1) is 5.92 Å². The van der Waals surface area contributed by atoms with E-state index in [4.69, 9.17) is 15.6 Å². The highest BCUT2D eigenvalue weighted by atomic mass is 32.2. The molecular weight excluding hydrogens is 703 g/mol. The summed E-state index contributed by atoms with van der Waals surface area (Å²) in [5.74, 6) is -0.635. The molecule has 290 valence electrons. The number of aromatic amines is 1. The summed E-state index contributed by atoms with van der Waals surface area (Å²) in [7, 11) is -2.33. The maximum absolute atomic E-state index is 14.0. The summed E-state index contributed by atoms with van der Waals surface area (Å²) >= 11 is 0. The molecule has 2 aromatic carbocycles. The third-order valence-electron chi connectivity index (χ3n) is 8.48. The average molecular weight is 756 g/mol. The van der Waals surface area contributed by atoms with Crippen LogP contribution >= 0.6 is 0 Å². The molecule has 0 bridgehead atoms. The Morgan fingerprint density at radius 1 is 0.830 bits per heavy atom. The molecule has 1 aromatic heterocycles. The predicted molar refractivity (Wildman–Crippen MR) is 200 cm³/mol.